The Morgan fingerprint density at radius 2 is 2.35 bits per heavy atom. The molecule has 0 saturated carbocycles. The number of amides is 2. The van der Waals surface area contributed by atoms with Crippen LogP contribution in [-0.2, 0) is 20.7 Å². The zero-order valence-corrected chi connectivity index (χ0v) is 13.3. The smallest absolute Gasteiger partial charge is 0.228 e. The maximum Gasteiger partial charge on any atom is 0.228 e. The van der Waals surface area contributed by atoms with Crippen LogP contribution in [0.2, 0.25) is 0 Å². The molecule has 2 amide bonds. The van der Waals surface area contributed by atoms with Crippen molar-refractivity contribution in [3.63, 3.8) is 0 Å². The number of ether oxygens (including phenoxy) is 1. The highest BCUT2D eigenvalue weighted by Crippen LogP contribution is 2.42. The zero-order chi connectivity index (χ0) is 16.3. The molecule has 7 heteroatoms. The molecule has 3 rings (SSSR count). The van der Waals surface area contributed by atoms with Crippen LogP contribution in [0.15, 0.2) is 18.6 Å². The molecule has 2 aliphatic heterocycles. The van der Waals surface area contributed by atoms with Gasteiger partial charge in [-0.2, -0.15) is 0 Å². The number of hydrogen-bond acceptors (Lipinski definition) is 5. The normalized spacial score (nSPS) is 26.7. The van der Waals surface area contributed by atoms with E-state index in [2.05, 4.69) is 15.3 Å². The average molecular weight is 318 g/mol. The molecular weight excluding hydrogens is 296 g/mol. The molecule has 0 spiro atoms. The molecule has 2 saturated heterocycles. The molecule has 0 radical (unpaired) electrons. The predicted molar refractivity (Wildman–Crippen MR) is 82.4 cm³/mol. The number of nitrogens with zero attached hydrogens (tertiary/aromatic N) is 3. The highest BCUT2D eigenvalue weighted by atomic mass is 16.5. The molecule has 2 atom stereocenters. The van der Waals surface area contributed by atoms with Gasteiger partial charge in [-0.25, -0.2) is 0 Å². The second-order valence-corrected chi connectivity index (χ2v) is 6.23. The van der Waals surface area contributed by atoms with Gasteiger partial charge in [0.05, 0.1) is 17.7 Å². The number of carbonyl (C=O) groups excluding carboxylic acids is 2. The highest BCUT2D eigenvalue weighted by molar-refractivity contribution is 5.85. The van der Waals surface area contributed by atoms with Crippen molar-refractivity contribution in [3.8, 4) is 0 Å². The number of likely N-dealkylation sites (tertiary alicyclic amines) is 1. The third-order valence-electron chi connectivity index (χ3n) is 4.95. The molecule has 23 heavy (non-hydrogen) atoms. The maximum atomic E-state index is 12.5. The average Bonchev–Trinajstić information content (AvgIpc) is 3.00. The van der Waals surface area contributed by atoms with Gasteiger partial charge in [0.1, 0.15) is 0 Å². The lowest BCUT2D eigenvalue weighted by molar-refractivity contribution is -0.139. The van der Waals surface area contributed by atoms with Crippen molar-refractivity contribution in [3.05, 3.63) is 24.3 Å². The van der Waals surface area contributed by atoms with Crippen molar-refractivity contribution >= 4 is 11.8 Å². The number of aryl methyl sites for hydroxylation is 1. The van der Waals surface area contributed by atoms with E-state index in [1.54, 1.807) is 25.6 Å². The summed E-state index contributed by atoms with van der Waals surface area (Å²) in [6.45, 7) is 2.19. The first-order valence-corrected chi connectivity index (χ1v) is 7.98. The minimum atomic E-state index is -0.491. The summed E-state index contributed by atoms with van der Waals surface area (Å²) < 4.78 is 5.52. The molecule has 0 aliphatic carbocycles. The van der Waals surface area contributed by atoms with Gasteiger partial charge in [0.2, 0.25) is 11.8 Å². The van der Waals surface area contributed by atoms with Gasteiger partial charge in [0.25, 0.3) is 0 Å². The van der Waals surface area contributed by atoms with Crippen LogP contribution in [0.25, 0.3) is 0 Å². The van der Waals surface area contributed by atoms with Crippen LogP contribution in [0, 0.1) is 11.3 Å². The Labute approximate surface area is 135 Å². The number of aromatic nitrogens is 2. The molecule has 1 N–H and O–H groups in total. The summed E-state index contributed by atoms with van der Waals surface area (Å²) in [5, 5.41) is 2.76. The van der Waals surface area contributed by atoms with Crippen LogP contribution in [0.5, 0.6) is 0 Å². The minimum absolute atomic E-state index is 0.0232. The molecular formula is C16H22N4O3. The van der Waals surface area contributed by atoms with Crippen molar-refractivity contribution in [2.45, 2.75) is 19.3 Å². The Morgan fingerprint density at radius 1 is 1.48 bits per heavy atom. The van der Waals surface area contributed by atoms with E-state index < -0.39 is 5.41 Å². The van der Waals surface area contributed by atoms with E-state index in [9.17, 15) is 9.59 Å². The topological polar surface area (TPSA) is 84.4 Å². The fraction of sp³-hybridized carbons (Fsp3) is 0.625. The molecule has 124 valence electrons. The molecule has 0 aromatic carbocycles. The number of fused-ring (bicyclic) bond motifs is 1. The molecule has 0 bridgehead atoms. The SMILES string of the molecule is CNC(=O)[C@]12CCOC[C@H]1CN(C(=O)CCc1cnccn1)C2. The van der Waals surface area contributed by atoms with Crippen molar-refractivity contribution < 1.29 is 14.3 Å². The van der Waals surface area contributed by atoms with Gasteiger partial charge in [-0.15, -0.1) is 0 Å². The van der Waals surface area contributed by atoms with Crippen molar-refractivity contribution in [2.75, 3.05) is 33.4 Å². The quantitative estimate of drug-likeness (QED) is 0.846. The van der Waals surface area contributed by atoms with E-state index in [1.807, 2.05) is 4.90 Å². The Bertz CT molecular complexity index is 580. The van der Waals surface area contributed by atoms with Gasteiger partial charge in [0, 0.05) is 57.7 Å². The van der Waals surface area contributed by atoms with Gasteiger partial charge in [0.15, 0.2) is 0 Å². The Hall–Kier alpha value is -2.02. The lowest BCUT2D eigenvalue weighted by Gasteiger charge is -2.36. The van der Waals surface area contributed by atoms with E-state index in [4.69, 9.17) is 4.74 Å². The summed E-state index contributed by atoms with van der Waals surface area (Å²) in [7, 11) is 1.65. The van der Waals surface area contributed by atoms with Gasteiger partial charge in [-0.3, -0.25) is 19.6 Å². The number of rotatable bonds is 4. The van der Waals surface area contributed by atoms with E-state index >= 15 is 0 Å². The van der Waals surface area contributed by atoms with Crippen LogP contribution in [0.3, 0.4) is 0 Å². The van der Waals surface area contributed by atoms with Gasteiger partial charge in [-0.05, 0) is 12.8 Å². The fourth-order valence-electron chi connectivity index (χ4n) is 3.61. The second kappa shape index (κ2) is 6.62. The Kier molecular flexibility index (Phi) is 4.56. The van der Waals surface area contributed by atoms with Gasteiger partial charge < -0.3 is 15.0 Å². The molecule has 0 unspecified atom stereocenters. The van der Waals surface area contributed by atoms with E-state index in [-0.39, 0.29) is 17.7 Å². The molecule has 1 aromatic heterocycles. The second-order valence-electron chi connectivity index (χ2n) is 6.23. The Balaban J connectivity index is 1.65. The van der Waals surface area contributed by atoms with Gasteiger partial charge >= 0.3 is 0 Å². The van der Waals surface area contributed by atoms with Crippen molar-refractivity contribution in [2.24, 2.45) is 11.3 Å². The zero-order valence-electron chi connectivity index (χ0n) is 13.3. The third-order valence-corrected chi connectivity index (χ3v) is 4.95. The van der Waals surface area contributed by atoms with Crippen LogP contribution >= 0.6 is 0 Å². The first-order valence-electron chi connectivity index (χ1n) is 7.98. The van der Waals surface area contributed by atoms with Crippen molar-refractivity contribution in [1.82, 2.24) is 20.2 Å². The standard InChI is InChI=1S/C16H22N4O3/c1-17-15(22)16-4-7-23-10-12(16)9-20(11-16)14(21)3-2-13-8-18-5-6-19-13/h5-6,8,12H,2-4,7,9-11H2,1H3,(H,17,22)/t12-,16+/m1/s1. The van der Waals surface area contributed by atoms with E-state index in [0.29, 0.717) is 45.6 Å². The number of nitrogens with one attached hydrogen (secondary N) is 1. The monoisotopic (exact) mass is 318 g/mol. The van der Waals surface area contributed by atoms with Crippen LogP contribution in [0.4, 0.5) is 0 Å². The first kappa shape index (κ1) is 15.9. The van der Waals surface area contributed by atoms with E-state index in [1.165, 1.54) is 0 Å². The first-order chi connectivity index (χ1) is 11.2. The summed E-state index contributed by atoms with van der Waals surface area (Å²) in [4.78, 5) is 34.9. The van der Waals surface area contributed by atoms with Crippen LogP contribution < -0.4 is 5.32 Å². The summed E-state index contributed by atoms with van der Waals surface area (Å²) in [5.74, 6) is 0.167. The van der Waals surface area contributed by atoms with Crippen LogP contribution in [0.1, 0.15) is 18.5 Å². The molecule has 7 nitrogen and oxygen atoms in total. The third kappa shape index (κ3) is 3.06. The molecule has 2 aliphatic rings. The fourth-order valence-corrected chi connectivity index (χ4v) is 3.61. The number of hydrogen-bond donors (Lipinski definition) is 1. The summed E-state index contributed by atoms with van der Waals surface area (Å²) >= 11 is 0. The molecule has 2 fully saturated rings. The van der Waals surface area contributed by atoms with Crippen LogP contribution in [-0.4, -0.2) is 60.0 Å². The predicted octanol–water partition coefficient (Wildman–Crippen LogP) is 0.0203. The summed E-state index contributed by atoms with van der Waals surface area (Å²) in [5.41, 5.74) is 0.316. The largest absolute Gasteiger partial charge is 0.381 e. The summed E-state index contributed by atoms with van der Waals surface area (Å²) in [6.07, 6.45) is 6.54. The minimum Gasteiger partial charge on any atom is -0.381 e. The maximum absolute atomic E-state index is 12.5. The molecule has 1 aromatic rings. The number of carbonyl (C=O) groups is 2. The summed E-state index contributed by atoms with van der Waals surface area (Å²) in [6, 6.07) is 0. The van der Waals surface area contributed by atoms with Gasteiger partial charge in [-0.1, -0.05) is 0 Å². The lowest BCUT2D eigenvalue weighted by Crippen LogP contribution is -2.49. The van der Waals surface area contributed by atoms with Crippen molar-refractivity contribution in [1.29, 1.82) is 0 Å². The van der Waals surface area contributed by atoms with E-state index in [0.717, 1.165) is 5.69 Å². The highest BCUT2D eigenvalue weighted by Gasteiger charge is 2.54. The lowest BCUT2D eigenvalue weighted by atomic mass is 9.73. The Morgan fingerprint density at radius 3 is 3.09 bits per heavy atom. The molecule has 3 heterocycles.